The third-order valence-corrected chi connectivity index (χ3v) is 5.99. The molecule has 0 saturated carbocycles. The molecule has 1 aromatic carbocycles. The number of halogens is 3. The second-order valence-corrected chi connectivity index (χ2v) is 9.21. The van der Waals surface area contributed by atoms with Gasteiger partial charge in [0.1, 0.15) is 29.9 Å². The van der Waals surface area contributed by atoms with E-state index in [4.69, 9.17) is 18.9 Å². The Labute approximate surface area is 212 Å². The number of hydrogen-bond acceptors (Lipinski definition) is 11. The van der Waals surface area contributed by atoms with Crippen LogP contribution in [0.2, 0.25) is 0 Å². The molecule has 1 aliphatic heterocycles. The van der Waals surface area contributed by atoms with Crippen LogP contribution in [0.3, 0.4) is 0 Å². The summed E-state index contributed by atoms with van der Waals surface area (Å²) < 4.78 is 63.9. The molecule has 200 valence electrons. The number of ether oxygens (including phenoxy) is 4. The maximum absolute atomic E-state index is 13.8. The van der Waals surface area contributed by atoms with Crippen LogP contribution < -0.4 is 0 Å². The van der Waals surface area contributed by atoms with Crippen molar-refractivity contribution in [1.29, 1.82) is 0 Å². The second-order valence-electron chi connectivity index (χ2n) is 7.93. The first kappa shape index (κ1) is 28.1. The molecular formula is C22H22F3N3O8S. The second kappa shape index (κ2) is 11.7. The first-order valence-corrected chi connectivity index (χ1v) is 11.6. The summed E-state index contributed by atoms with van der Waals surface area (Å²) >= 11 is 0.670. The maximum Gasteiger partial charge on any atom is 0.303 e. The van der Waals surface area contributed by atoms with Gasteiger partial charge in [0.05, 0.1) is 6.20 Å². The number of rotatable bonds is 7. The van der Waals surface area contributed by atoms with Gasteiger partial charge in [0.2, 0.25) is 0 Å². The Morgan fingerprint density at radius 3 is 2.11 bits per heavy atom. The van der Waals surface area contributed by atoms with Crippen molar-refractivity contribution in [1.82, 2.24) is 15.0 Å². The van der Waals surface area contributed by atoms with Crippen LogP contribution in [0.5, 0.6) is 0 Å². The molecular weight excluding hydrogens is 523 g/mol. The van der Waals surface area contributed by atoms with Crippen LogP contribution in [0.4, 0.5) is 13.2 Å². The molecule has 0 radical (unpaired) electrons. The lowest BCUT2D eigenvalue weighted by molar-refractivity contribution is -0.212. The number of carbonyl (C=O) groups excluding carboxylic acids is 4. The molecule has 2 aromatic rings. The number of hydrogen-bond donors (Lipinski definition) is 0. The molecule has 3 rings (SSSR count). The summed E-state index contributed by atoms with van der Waals surface area (Å²) in [5.41, 5.74) is -1.42. The van der Waals surface area contributed by atoms with Crippen molar-refractivity contribution in [3.8, 4) is 11.3 Å². The average Bonchev–Trinajstić information content (AvgIpc) is 3.26. The predicted molar refractivity (Wildman–Crippen MR) is 119 cm³/mol. The van der Waals surface area contributed by atoms with Gasteiger partial charge in [-0.05, 0) is 12.1 Å². The Bertz CT molecular complexity index is 1190. The van der Waals surface area contributed by atoms with Crippen molar-refractivity contribution in [2.75, 3.05) is 6.61 Å². The van der Waals surface area contributed by atoms with Gasteiger partial charge >= 0.3 is 17.9 Å². The lowest BCUT2D eigenvalue weighted by atomic mass is 9.96. The summed E-state index contributed by atoms with van der Waals surface area (Å²) in [6.45, 7) is 4.21. The monoisotopic (exact) mass is 545 g/mol. The largest absolute Gasteiger partial charge is 0.463 e. The Hall–Kier alpha value is -3.46. The summed E-state index contributed by atoms with van der Waals surface area (Å²) in [6, 6.07) is 0.221. The van der Waals surface area contributed by atoms with E-state index in [0.29, 0.717) is 23.9 Å². The Morgan fingerprint density at radius 1 is 0.973 bits per heavy atom. The average molecular weight is 545 g/mol. The van der Waals surface area contributed by atoms with Gasteiger partial charge in [-0.2, -0.15) is 0 Å². The maximum atomic E-state index is 13.8. The lowest BCUT2D eigenvalue weighted by Gasteiger charge is -2.44. The van der Waals surface area contributed by atoms with E-state index in [0.717, 1.165) is 25.5 Å². The number of carbonyl (C=O) groups is 4. The minimum atomic E-state index is -1.66. The van der Waals surface area contributed by atoms with E-state index in [-0.39, 0.29) is 11.3 Å². The van der Waals surface area contributed by atoms with Crippen LogP contribution in [0.1, 0.15) is 33.7 Å². The molecule has 0 amide bonds. The van der Waals surface area contributed by atoms with Crippen LogP contribution in [-0.4, -0.2) is 68.4 Å². The van der Waals surface area contributed by atoms with Gasteiger partial charge in [-0.1, -0.05) is 17.0 Å². The van der Waals surface area contributed by atoms with Crippen molar-refractivity contribution in [3.63, 3.8) is 0 Å². The zero-order chi connectivity index (χ0) is 27.4. The van der Waals surface area contributed by atoms with Gasteiger partial charge in [-0.15, -0.1) is 5.10 Å². The fourth-order valence-corrected chi connectivity index (χ4v) is 4.58. The molecule has 1 fully saturated rings. The van der Waals surface area contributed by atoms with E-state index in [9.17, 15) is 32.3 Å². The third-order valence-electron chi connectivity index (χ3n) is 5.05. The summed E-state index contributed by atoms with van der Waals surface area (Å²) in [5, 5.41) is 7.40. The topological polar surface area (TPSA) is 136 Å². The lowest BCUT2D eigenvalue weighted by Crippen LogP contribution is -2.58. The highest BCUT2D eigenvalue weighted by Crippen LogP contribution is 2.39. The van der Waals surface area contributed by atoms with E-state index in [1.54, 1.807) is 0 Å². The Kier molecular flexibility index (Phi) is 8.91. The first-order valence-electron chi connectivity index (χ1n) is 10.7. The standard InChI is InChI=1S/C22H22F3N3O8S/c1-9(29)33-8-17-20(34-10(2)30)19(21(35-11(3)31)22(36-17)37-12(4)32)28-7-16(26-27-28)13-5-14(23)18(25)15(24)6-13/h5-7,17,19-22H,8H2,1-4H3/t17?,19?,20-,21?,22+/m0/s1. The van der Waals surface area contributed by atoms with Gasteiger partial charge in [-0.25, -0.2) is 17.9 Å². The molecule has 11 nitrogen and oxygen atoms in total. The van der Waals surface area contributed by atoms with Crippen molar-refractivity contribution in [3.05, 3.63) is 35.8 Å². The van der Waals surface area contributed by atoms with Crippen LogP contribution in [0.25, 0.3) is 11.3 Å². The number of nitrogens with zero attached hydrogens (tertiary/aromatic N) is 3. The van der Waals surface area contributed by atoms with Crippen molar-refractivity contribution in [2.45, 2.75) is 57.5 Å². The van der Waals surface area contributed by atoms with Gasteiger partial charge in [-0.3, -0.25) is 19.2 Å². The van der Waals surface area contributed by atoms with Crippen molar-refractivity contribution >= 4 is 34.8 Å². The predicted octanol–water partition coefficient (Wildman–Crippen LogP) is 2.33. The highest BCUT2D eigenvalue weighted by atomic mass is 32.2. The molecule has 1 aliphatic rings. The fourth-order valence-electron chi connectivity index (χ4n) is 3.70. The van der Waals surface area contributed by atoms with Gasteiger partial charge in [0.15, 0.2) is 34.8 Å². The zero-order valence-corrected chi connectivity index (χ0v) is 20.8. The zero-order valence-electron chi connectivity index (χ0n) is 20.0. The first-order chi connectivity index (χ1) is 17.4. The molecule has 0 spiro atoms. The van der Waals surface area contributed by atoms with E-state index in [2.05, 4.69) is 10.3 Å². The Morgan fingerprint density at radius 2 is 1.57 bits per heavy atom. The van der Waals surface area contributed by atoms with Crippen LogP contribution in [0.15, 0.2) is 18.3 Å². The summed E-state index contributed by atoms with van der Waals surface area (Å²) in [5.74, 6) is -6.77. The number of thioether (sulfide) groups is 1. The third kappa shape index (κ3) is 6.85. The molecule has 0 aliphatic carbocycles. The quantitative estimate of drug-likeness (QED) is 0.288. The number of benzene rings is 1. The van der Waals surface area contributed by atoms with Crippen LogP contribution in [0, 0.1) is 17.5 Å². The minimum absolute atomic E-state index is 0.0975. The normalized spacial score (nSPS) is 23.3. The molecule has 15 heteroatoms. The molecule has 3 unspecified atom stereocenters. The molecule has 0 N–H and O–H groups in total. The van der Waals surface area contributed by atoms with E-state index in [1.165, 1.54) is 13.1 Å². The van der Waals surface area contributed by atoms with Gasteiger partial charge < -0.3 is 18.9 Å². The summed E-state index contributed by atoms with van der Waals surface area (Å²) in [7, 11) is 0. The molecule has 37 heavy (non-hydrogen) atoms. The SMILES string of the molecule is CC(=O)OCC1O[C@H](SC(C)=O)C(OC(C)=O)C(n2cc(-c3cc(F)c(F)c(F)c3)nn2)[C@H]1OC(C)=O. The number of aromatic nitrogens is 3. The molecule has 5 atom stereocenters. The molecule has 1 saturated heterocycles. The van der Waals surface area contributed by atoms with Gasteiger partial charge in [0.25, 0.3) is 0 Å². The van der Waals surface area contributed by atoms with Gasteiger partial charge in [0, 0.05) is 33.3 Å². The summed E-state index contributed by atoms with van der Waals surface area (Å²) in [6.07, 6.45) is -2.52. The van der Waals surface area contributed by atoms with E-state index < -0.39 is 76.9 Å². The van der Waals surface area contributed by atoms with Crippen molar-refractivity contribution < 1.29 is 51.3 Å². The highest BCUT2D eigenvalue weighted by Gasteiger charge is 2.52. The highest BCUT2D eigenvalue weighted by molar-refractivity contribution is 8.14. The Balaban J connectivity index is 2.12. The molecule has 2 heterocycles. The number of esters is 3. The molecule has 0 bridgehead atoms. The van der Waals surface area contributed by atoms with E-state index in [1.807, 2.05) is 0 Å². The molecule has 1 aromatic heterocycles. The minimum Gasteiger partial charge on any atom is -0.463 e. The van der Waals surface area contributed by atoms with Crippen LogP contribution >= 0.6 is 11.8 Å². The van der Waals surface area contributed by atoms with Crippen LogP contribution in [-0.2, 0) is 38.1 Å². The van der Waals surface area contributed by atoms with E-state index >= 15 is 0 Å². The smallest absolute Gasteiger partial charge is 0.303 e. The fraction of sp³-hybridized carbons (Fsp3) is 0.455. The van der Waals surface area contributed by atoms with Crippen molar-refractivity contribution in [2.24, 2.45) is 0 Å². The summed E-state index contributed by atoms with van der Waals surface area (Å²) in [4.78, 5) is 47.3.